The van der Waals surface area contributed by atoms with Crippen molar-refractivity contribution in [2.75, 3.05) is 0 Å². The smallest absolute Gasteiger partial charge is 0.170 e. The Labute approximate surface area is 106 Å². The number of carbonyl (C=O) groups excluding carboxylic acids is 1. The van der Waals surface area contributed by atoms with Crippen LogP contribution in [0.15, 0.2) is 28.9 Å². The normalized spacial score (nSPS) is 10.5. The molecular formula is C11H9BrFN3O. The molecule has 0 N–H and O–H groups in total. The number of nitrogens with zero attached hydrogens (tertiary/aromatic N) is 3. The van der Waals surface area contributed by atoms with Gasteiger partial charge in [-0.25, -0.2) is 4.39 Å². The molecule has 0 bridgehead atoms. The van der Waals surface area contributed by atoms with Gasteiger partial charge in [-0.3, -0.25) is 9.48 Å². The number of halogens is 2. The number of Topliss-reactive ketones (excluding diaryl/α,β-unsaturated/α-hetero) is 1. The van der Waals surface area contributed by atoms with Gasteiger partial charge in [0.1, 0.15) is 5.82 Å². The minimum absolute atomic E-state index is 0.107. The highest BCUT2D eigenvalue weighted by atomic mass is 79.9. The minimum Gasteiger partial charge on any atom is -0.294 e. The molecule has 2 rings (SSSR count). The van der Waals surface area contributed by atoms with E-state index in [1.54, 1.807) is 13.2 Å². The van der Waals surface area contributed by atoms with E-state index < -0.39 is 5.82 Å². The van der Waals surface area contributed by atoms with Gasteiger partial charge in [-0.15, -0.1) is 5.10 Å². The number of ketones is 1. The van der Waals surface area contributed by atoms with E-state index in [0.29, 0.717) is 15.7 Å². The monoisotopic (exact) mass is 297 g/mol. The maximum atomic E-state index is 13.0. The van der Waals surface area contributed by atoms with Crippen molar-refractivity contribution in [3.05, 3.63) is 45.9 Å². The molecule has 1 aromatic carbocycles. The first-order chi connectivity index (χ1) is 8.06. The van der Waals surface area contributed by atoms with Crippen molar-refractivity contribution >= 4 is 21.7 Å². The molecule has 0 amide bonds. The second-order valence-electron chi connectivity index (χ2n) is 3.61. The maximum Gasteiger partial charge on any atom is 0.170 e. The molecule has 2 aromatic rings. The Morgan fingerprint density at radius 3 is 2.94 bits per heavy atom. The second-order valence-corrected chi connectivity index (χ2v) is 4.46. The molecule has 1 aromatic heterocycles. The van der Waals surface area contributed by atoms with Crippen LogP contribution in [0.3, 0.4) is 0 Å². The molecule has 0 aliphatic rings. The second kappa shape index (κ2) is 4.75. The van der Waals surface area contributed by atoms with E-state index in [1.165, 1.54) is 22.9 Å². The summed E-state index contributed by atoms with van der Waals surface area (Å²) >= 11 is 3.22. The molecule has 0 unspecified atom stereocenters. The summed E-state index contributed by atoms with van der Waals surface area (Å²) < 4.78 is 15.1. The highest BCUT2D eigenvalue weighted by Crippen LogP contribution is 2.19. The van der Waals surface area contributed by atoms with Crippen molar-refractivity contribution in [3.63, 3.8) is 0 Å². The largest absolute Gasteiger partial charge is 0.294 e. The standard InChI is InChI=1S/C11H9BrFN3O/c1-16-6-8(14-15-16)5-11(17)9-4-7(13)2-3-10(9)12/h2-4,6H,5H2,1H3. The van der Waals surface area contributed by atoms with Crippen LogP contribution in [0.2, 0.25) is 0 Å². The molecule has 0 spiro atoms. The summed E-state index contributed by atoms with van der Waals surface area (Å²) in [6, 6.07) is 4.02. The van der Waals surface area contributed by atoms with Crippen LogP contribution in [0.25, 0.3) is 0 Å². The van der Waals surface area contributed by atoms with Crippen LogP contribution in [0.5, 0.6) is 0 Å². The van der Waals surface area contributed by atoms with Crippen molar-refractivity contribution in [1.29, 1.82) is 0 Å². The Morgan fingerprint density at radius 1 is 1.53 bits per heavy atom. The number of carbonyl (C=O) groups is 1. The van der Waals surface area contributed by atoms with Gasteiger partial charge in [0.05, 0.1) is 12.1 Å². The number of aromatic nitrogens is 3. The molecular weight excluding hydrogens is 289 g/mol. The van der Waals surface area contributed by atoms with E-state index in [9.17, 15) is 9.18 Å². The molecule has 17 heavy (non-hydrogen) atoms. The first-order valence-corrected chi connectivity index (χ1v) is 5.69. The van der Waals surface area contributed by atoms with E-state index in [-0.39, 0.29) is 12.2 Å². The predicted octanol–water partition coefficient (Wildman–Crippen LogP) is 2.14. The Kier molecular flexibility index (Phi) is 3.33. The van der Waals surface area contributed by atoms with Crippen LogP contribution in [-0.4, -0.2) is 20.8 Å². The van der Waals surface area contributed by atoms with Crippen LogP contribution in [0.1, 0.15) is 16.1 Å². The first kappa shape index (κ1) is 11.9. The maximum absolute atomic E-state index is 13.0. The Hall–Kier alpha value is -1.56. The van der Waals surface area contributed by atoms with E-state index in [2.05, 4.69) is 26.2 Å². The fourth-order valence-corrected chi connectivity index (χ4v) is 1.91. The SMILES string of the molecule is Cn1cc(CC(=O)c2cc(F)ccc2Br)nn1. The third kappa shape index (κ3) is 2.76. The van der Waals surface area contributed by atoms with Crippen LogP contribution >= 0.6 is 15.9 Å². The Morgan fingerprint density at radius 2 is 2.29 bits per heavy atom. The van der Waals surface area contributed by atoms with E-state index in [0.717, 1.165) is 0 Å². The molecule has 88 valence electrons. The molecule has 0 saturated carbocycles. The number of hydrogen-bond donors (Lipinski definition) is 0. The van der Waals surface area contributed by atoms with Crippen LogP contribution in [-0.2, 0) is 13.5 Å². The summed E-state index contributed by atoms with van der Waals surface area (Å²) in [5, 5.41) is 7.55. The third-order valence-corrected chi connectivity index (χ3v) is 2.91. The molecule has 6 heteroatoms. The average Bonchev–Trinajstić information content (AvgIpc) is 2.67. The highest BCUT2D eigenvalue weighted by molar-refractivity contribution is 9.10. The van der Waals surface area contributed by atoms with Gasteiger partial charge in [-0.2, -0.15) is 0 Å². The Bertz CT molecular complexity index is 568. The molecule has 4 nitrogen and oxygen atoms in total. The van der Waals surface area contributed by atoms with Gasteiger partial charge in [0.25, 0.3) is 0 Å². The summed E-state index contributed by atoms with van der Waals surface area (Å²) in [5.74, 6) is -0.632. The zero-order valence-electron chi connectivity index (χ0n) is 9.02. The van der Waals surface area contributed by atoms with Crippen molar-refractivity contribution in [2.24, 2.45) is 7.05 Å². The summed E-state index contributed by atoms with van der Waals surface area (Å²) in [5.41, 5.74) is 0.879. The summed E-state index contributed by atoms with van der Waals surface area (Å²) in [4.78, 5) is 11.9. The molecule has 0 atom stereocenters. The van der Waals surface area contributed by atoms with Crippen LogP contribution in [0.4, 0.5) is 4.39 Å². The van der Waals surface area contributed by atoms with Gasteiger partial charge in [-0.05, 0) is 18.2 Å². The molecule has 0 aliphatic carbocycles. The van der Waals surface area contributed by atoms with Crippen molar-refractivity contribution in [2.45, 2.75) is 6.42 Å². The fraction of sp³-hybridized carbons (Fsp3) is 0.182. The van der Waals surface area contributed by atoms with Gasteiger partial charge in [0.15, 0.2) is 5.78 Å². The molecule has 0 fully saturated rings. The number of hydrogen-bond acceptors (Lipinski definition) is 3. The molecule has 0 radical (unpaired) electrons. The molecule has 0 saturated heterocycles. The molecule has 1 heterocycles. The number of aryl methyl sites for hydroxylation is 1. The van der Waals surface area contributed by atoms with E-state index >= 15 is 0 Å². The number of benzene rings is 1. The first-order valence-electron chi connectivity index (χ1n) is 4.89. The summed E-state index contributed by atoms with van der Waals surface area (Å²) in [6.07, 6.45) is 1.76. The number of rotatable bonds is 3. The van der Waals surface area contributed by atoms with Crippen molar-refractivity contribution < 1.29 is 9.18 Å². The zero-order chi connectivity index (χ0) is 12.4. The summed E-state index contributed by atoms with van der Waals surface area (Å²) in [7, 11) is 1.72. The minimum atomic E-state index is -0.435. The van der Waals surface area contributed by atoms with Gasteiger partial charge in [0.2, 0.25) is 0 Å². The van der Waals surface area contributed by atoms with Gasteiger partial charge < -0.3 is 0 Å². The van der Waals surface area contributed by atoms with Gasteiger partial charge in [0, 0.05) is 23.3 Å². The van der Waals surface area contributed by atoms with E-state index in [4.69, 9.17) is 0 Å². The quantitative estimate of drug-likeness (QED) is 0.816. The van der Waals surface area contributed by atoms with Crippen molar-refractivity contribution in [1.82, 2.24) is 15.0 Å². The van der Waals surface area contributed by atoms with E-state index in [1.807, 2.05) is 0 Å². The zero-order valence-corrected chi connectivity index (χ0v) is 10.6. The van der Waals surface area contributed by atoms with Crippen LogP contribution < -0.4 is 0 Å². The Balaban J connectivity index is 2.22. The van der Waals surface area contributed by atoms with Gasteiger partial charge >= 0.3 is 0 Å². The van der Waals surface area contributed by atoms with Gasteiger partial charge in [-0.1, -0.05) is 21.1 Å². The summed E-state index contributed by atoms with van der Waals surface area (Å²) in [6.45, 7) is 0. The lowest BCUT2D eigenvalue weighted by Gasteiger charge is -2.02. The lowest BCUT2D eigenvalue weighted by molar-refractivity contribution is 0.0990. The third-order valence-electron chi connectivity index (χ3n) is 2.22. The van der Waals surface area contributed by atoms with Crippen LogP contribution in [0, 0.1) is 5.82 Å². The van der Waals surface area contributed by atoms with Crippen molar-refractivity contribution in [3.8, 4) is 0 Å². The topological polar surface area (TPSA) is 47.8 Å². The highest BCUT2D eigenvalue weighted by Gasteiger charge is 2.13. The lowest BCUT2D eigenvalue weighted by atomic mass is 10.1. The molecule has 0 aliphatic heterocycles. The predicted molar refractivity (Wildman–Crippen MR) is 63.1 cm³/mol. The average molecular weight is 298 g/mol. The fourth-order valence-electron chi connectivity index (χ4n) is 1.45. The lowest BCUT2D eigenvalue weighted by Crippen LogP contribution is -2.05.